The fraction of sp³-hybridized carbons (Fsp3) is 0.364. The molecule has 1 aromatic carbocycles. The second kappa shape index (κ2) is 7.33. The Balaban J connectivity index is 1.58. The molecule has 0 N–H and O–H groups in total. The number of carbonyl (C=O) groups excluding carboxylic acids is 2. The van der Waals surface area contributed by atoms with E-state index in [1.165, 1.54) is 0 Å². The van der Waals surface area contributed by atoms with Gasteiger partial charge >= 0.3 is 0 Å². The van der Waals surface area contributed by atoms with Crippen LogP contribution in [-0.4, -0.2) is 28.1 Å². The number of amides is 1. The van der Waals surface area contributed by atoms with E-state index in [-0.39, 0.29) is 41.4 Å². The van der Waals surface area contributed by atoms with Gasteiger partial charge in [0.1, 0.15) is 11.9 Å². The van der Waals surface area contributed by atoms with Crippen molar-refractivity contribution in [2.75, 3.05) is 0 Å². The van der Waals surface area contributed by atoms with Gasteiger partial charge < -0.3 is 14.1 Å². The summed E-state index contributed by atoms with van der Waals surface area (Å²) in [5.74, 6) is 0.294. The number of ketones is 1. The molecule has 4 unspecified atom stereocenters. The monoisotopic (exact) mass is 475 g/mol. The van der Waals surface area contributed by atoms with Crippen molar-refractivity contribution in [3.05, 3.63) is 69.8 Å². The van der Waals surface area contributed by atoms with Crippen molar-refractivity contribution in [2.45, 2.75) is 43.3 Å². The maximum Gasteiger partial charge on any atom is 0.290 e. The van der Waals surface area contributed by atoms with Crippen LogP contribution in [0.25, 0.3) is 0 Å². The van der Waals surface area contributed by atoms with Gasteiger partial charge in [0, 0.05) is 9.85 Å². The summed E-state index contributed by atoms with van der Waals surface area (Å²) in [6, 6.07) is 10.8. The molecule has 1 aliphatic carbocycles. The van der Waals surface area contributed by atoms with Crippen molar-refractivity contribution < 1.29 is 18.7 Å². The maximum atomic E-state index is 13.5. The van der Waals surface area contributed by atoms with E-state index in [2.05, 4.69) is 15.9 Å². The number of furan rings is 1. The average Bonchev–Trinajstić information content (AvgIpc) is 3.32. The van der Waals surface area contributed by atoms with Crippen molar-refractivity contribution in [1.29, 1.82) is 0 Å². The lowest BCUT2D eigenvalue weighted by atomic mass is 9.77. The molecule has 2 aliphatic heterocycles. The SMILES string of the molecule is O=C1C2=C(OC3CCC(Cl)CC13)C(=O)N(Cc1ccco1)C2c1ccc(Br)cc1. The van der Waals surface area contributed by atoms with Crippen LogP contribution in [0.15, 0.2) is 62.9 Å². The quantitative estimate of drug-likeness (QED) is 0.600. The van der Waals surface area contributed by atoms with Crippen LogP contribution in [0.3, 0.4) is 0 Å². The lowest BCUT2D eigenvalue weighted by Gasteiger charge is -2.37. The van der Waals surface area contributed by atoms with E-state index in [1.54, 1.807) is 17.2 Å². The summed E-state index contributed by atoms with van der Waals surface area (Å²) in [7, 11) is 0. The molecule has 0 bridgehead atoms. The van der Waals surface area contributed by atoms with Crippen LogP contribution in [0.5, 0.6) is 0 Å². The van der Waals surface area contributed by atoms with Gasteiger partial charge in [0.15, 0.2) is 11.5 Å². The Morgan fingerprint density at radius 1 is 1.14 bits per heavy atom. The lowest BCUT2D eigenvalue weighted by molar-refractivity contribution is -0.135. The number of Topliss-reactive ketones (excluding diaryl/α,β-unsaturated/α-hetero) is 1. The third-order valence-electron chi connectivity index (χ3n) is 5.97. The van der Waals surface area contributed by atoms with E-state index >= 15 is 0 Å². The van der Waals surface area contributed by atoms with Crippen molar-refractivity contribution in [3.63, 3.8) is 0 Å². The summed E-state index contributed by atoms with van der Waals surface area (Å²) in [6.45, 7) is 0.268. The van der Waals surface area contributed by atoms with Crippen LogP contribution in [-0.2, 0) is 20.9 Å². The van der Waals surface area contributed by atoms with Crippen LogP contribution < -0.4 is 0 Å². The van der Waals surface area contributed by atoms with Crippen molar-refractivity contribution in [1.82, 2.24) is 4.90 Å². The van der Waals surface area contributed by atoms with E-state index in [0.717, 1.165) is 16.5 Å². The molecule has 0 radical (unpaired) electrons. The fourth-order valence-corrected chi connectivity index (χ4v) is 5.17. The van der Waals surface area contributed by atoms with Gasteiger partial charge in [0.2, 0.25) is 0 Å². The molecular weight excluding hydrogens is 458 g/mol. The first kappa shape index (κ1) is 18.9. The number of ether oxygens (including phenoxy) is 1. The molecule has 3 aliphatic rings. The second-order valence-electron chi connectivity index (χ2n) is 7.75. The minimum Gasteiger partial charge on any atom is -0.483 e. The van der Waals surface area contributed by atoms with Gasteiger partial charge in [-0.1, -0.05) is 28.1 Å². The highest BCUT2D eigenvalue weighted by Gasteiger charge is 2.52. The van der Waals surface area contributed by atoms with Crippen molar-refractivity contribution in [3.8, 4) is 0 Å². The molecular formula is C22H19BrClNO4. The summed E-state index contributed by atoms with van der Waals surface area (Å²) in [4.78, 5) is 28.5. The number of hydrogen-bond donors (Lipinski definition) is 0. The molecule has 1 fully saturated rings. The van der Waals surface area contributed by atoms with Gasteiger partial charge in [0.25, 0.3) is 5.91 Å². The minimum atomic E-state index is -0.500. The Hall–Kier alpha value is -2.05. The van der Waals surface area contributed by atoms with Crippen molar-refractivity contribution in [2.24, 2.45) is 5.92 Å². The zero-order valence-corrected chi connectivity index (χ0v) is 17.9. The molecule has 5 nitrogen and oxygen atoms in total. The Bertz CT molecular complexity index is 985. The smallest absolute Gasteiger partial charge is 0.290 e. The molecule has 0 spiro atoms. The van der Waals surface area contributed by atoms with E-state index in [1.807, 2.05) is 30.3 Å². The molecule has 4 atom stereocenters. The predicted molar refractivity (Wildman–Crippen MR) is 110 cm³/mol. The summed E-state index contributed by atoms with van der Waals surface area (Å²) in [5.41, 5.74) is 1.32. The number of nitrogens with zero attached hydrogens (tertiary/aromatic N) is 1. The number of carbonyl (C=O) groups is 2. The van der Waals surface area contributed by atoms with Crippen LogP contribution in [0.1, 0.15) is 36.6 Å². The zero-order chi connectivity index (χ0) is 20.1. The first-order valence-corrected chi connectivity index (χ1v) is 10.9. The molecule has 2 aromatic rings. The zero-order valence-electron chi connectivity index (χ0n) is 15.5. The Morgan fingerprint density at radius 2 is 1.93 bits per heavy atom. The molecule has 29 heavy (non-hydrogen) atoms. The highest BCUT2D eigenvalue weighted by molar-refractivity contribution is 9.10. The third kappa shape index (κ3) is 3.22. The summed E-state index contributed by atoms with van der Waals surface area (Å²) >= 11 is 9.80. The Morgan fingerprint density at radius 3 is 2.66 bits per heavy atom. The predicted octanol–water partition coefficient (Wildman–Crippen LogP) is 4.76. The summed E-state index contributed by atoms with van der Waals surface area (Å²) in [5, 5.41) is -0.0339. The van der Waals surface area contributed by atoms with E-state index in [0.29, 0.717) is 24.2 Å². The topological polar surface area (TPSA) is 59.8 Å². The van der Waals surface area contributed by atoms with E-state index < -0.39 is 6.04 Å². The average molecular weight is 477 g/mol. The van der Waals surface area contributed by atoms with Gasteiger partial charge in [0.05, 0.1) is 30.3 Å². The number of alkyl halides is 1. The van der Waals surface area contributed by atoms with Crippen LogP contribution in [0.4, 0.5) is 0 Å². The van der Waals surface area contributed by atoms with Gasteiger partial charge in [-0.25, -0.2) is 0 Å². The fourth-order valence-electron chi connectivity index (χ4n) is 4.59. The molecule has 150 valence electrons. The van der Waals surface area contributed by atoms with Crippen molar-refractivity contribution >= 4 is 39.2 Å². The molecule has 1 aromatic heterocycles. The third-order valence-corrected chi connectivity index (χ3v) is 6.90. The minimum absolute atomic E-state index is 0.00943. The molecule has 1 amide bonds. The highest BCUT2D eigenvalue weighted by atomic mass is 79.9. The summed E-state index contributed by atoms with van der Waals surface area (Å²) < 4.78 is 12.5. The first-order valence-electron chi connectivity index (χ1n) is 9.71. The second-order valence-corrected chi connectivity index (χ2v) is 9.28. The molecule has 7 heteroatoms. The van der Waals surface area contributed by atoms with E-state index in [4.69, 9.17) is 20.8 Å². The molecule has 3 heterocycles. The number of fused-ring (bicyclic) bond motifs is 1. The lowest BCUT2D eigenvalue weighted by Crippen LogP contribution is -2.41. The Kier molecular flexibility index (Phi) is 4.79. The Labute approximate surface area is 181 Å². The van der Waals surface area contributed by atoms with Crippen LogP contribution >= 0.6 is 27.5 Å². The van der Waals surface area contributed by atoms with E-state index in [9.17, 15) is 9.59 Å². The van der Waals surface area contributed by atoms with Crippen LogP contribution in [0, 0.1) is 5.92 Å². The standard InChI is InChI=1S/C22H19BrClNO4/c23-13-5-3-12(4-6-13)19-18-20(26)16-10-14(24)7-8-17(16)29-21(18)22(27)25(19)11-15-2-1-9-28-15/h1-6,9,14,16-17,19H,7-8,10-11H2. The van der Waals surface area contributed by atoms with Crippen LogP contribution in [0.2, 0.25) is 0 Å². The summed E-state index contributed by atoms with van der Waals surface area (Å²) in [6.07, 6.45) is 3.37. The van der Waals surface area contributed by atoms with Gasteiger partial charge in [-0.3, -0.25) is 9.59 Å². The number of rotatable bonds is 3. The highest BCUT2D eigenvalue weighted by Crippen LogP contribution is 2.47. The number of benzene rings is 1. The van der Waals surface area contributed by atoms with Gasteiger partial charge in [-0.2, -0.15) is 0 Å². The largest absolute Gasteiger partial charge is 0.483 e. The molecule has 1 saturated carbocycles. The van der Waals surface area contributed by atoms with Gasteiger partial charge in [-0.05, 0) is 49.1 Å². The number of hydrogen-bond acceptors (Lipinski definition) is 4. The molecule has 5 rings (SSSR count). The molecule has 0 saturated heterocycles. The van der Waals surface area contributed by atoms with Gasteiger partial charge in [-0.15, -0.1) is 11.6 Å². The number of halogens is 2. The maximum absolute atomic E-state index is 13.5. The normalized spacial score (nSPS) is 29.0. The first-order chi connectivity index (χ1) is 14.0.